The second-order valence-corrected chi connectivity index (χ2v) is 4.04. The van der Waals surface area contributed by atoms with E-state index in [9.17, 15) is 9.59 Å². The van der Waals surface area contributed by atoms with Gasteiger partial charge in [0.2, 0.25) is 0 Å². The van der Waals surface area contributed by atoms with Crippen LogP contribution >= 0.6 is 0 Å². The van der Waals surface area contributed by atoms with Gasteiger partial charge in [0.05, 0.1) is 27.3 Å². The molecule has 0 atom stereocenters. The van der Waals surface area contributed by atoms with Gasteiger partial charge in [0, 0.05) is 12.2 Å². The molecule has 19 heavy (non-hydrogen) atoms. The molecule has 0 aliphatic heterocycles. The molecule has 1 aromatic carbocycles. The molecule has 0 amide bonds. The van der Waals surface area contributed by atoms with E-state index < -0.39 is 11.9 Å². The first-order valence-electron chi connectivity index (χ1n) is 5.75. The number of benzene rings is 1. The molecule has 2 N–H and O–H groups in total. The van der Waals surface area contributed by atoms with Crippen LogP contribution in [0, 0.1) is 0 Å². The van der Waals surface area contributed by atoms with E-state index in [0.717, 1.165) is 5.56 Å². The maximum absolute atomic E-state index is 11.3. The summed E-state index contributed by atoms with van der Waals surface area (Å²) in [4.78, 5) is 24.2. The molecule has 104 valence electrons. The van der Waals surface area contributed by atoms with Crippen LogP contribution in [0.25, 0.3) is 0 Å². The standard InChI is InChI=1S/C13H18N2O4/c1-18-12(16)8-15(9-13(17)19-2)7-10-3-5-11(14)6-4-10/h3-6H,7-9,14H2,1-2H3. The van der Waals surface area contributed by atoms with Crippen LogP contribution in [0.2, 0.25) is 0 Å². The summed E-state index contributed by atoms with van der Waals surface area (Å²) >= 11 is 0. The van der Waals surface area contributed by atoms with Gasteiger partial charge in [-0.25, -0.2) is 0 Å². The molecule has 1 aromatic rings. The van der Waals surface area contributed by atoms with Crippen molar-refractivity contribution in [3.8, 4) is 0 Å². The van der Waals surface area contributed by atoms with E-state index in [1.54, 1.807) is 17.0 Å². The Bertz CT molecular complexity index is 413. The van der Waals surface area contributed by atoms with Crippen LogP contribution in [0.1, 0.15) is 5.56 Å². The lowest BCUT2D eigenvalue weighted by atomic mass is 10.2. The van der Waals surface area contributed by atoms with Crippen LogP contribution in [-0.2, 0) is 25.6 Å². The van der Waals surface area contributed by atoms with Crippen LogP contribution in [-0.4, -0.2) is 44.1 Å². The second-order valence-electron chi connectivity index (χ2n) is 4.04. The number of anilines is 1. The Kier molecular flexibility index (Phi) is 5.81. The fourth-order valence-corrected chi connectivity index (χ4v) is 1.54. The molecule has 0 saturated carbocycles. The number of carbonyl (C=O) groups is 2. The molecule has 0 aliphatic rings. The molecule has 0 heterocycles. The van der Waals surface area contributed by atoms with E-state index >= 15 is 0 Å². The Morgan fingerprint density at radius 3 is 1.95 bits per heavy atom. The first-order chi connectivity index (χ1) is 9.05. The van der Waals surface area contributed by atoms with Crippen molar-refractivity contribution in [2.24, 2.45) is 0 Å². The highest BCUT2D eigenvalue weighted by atomic mass is 16.5. The summed E-state index contributed by atoms with van der Waals surface area (Å²) in [5.41, 5.74) is 7.21. The summed E-state index contributed by atoms with van der Waals surface area (Å²) in [5, 5.41) is 0. The Morgan fingerprint density at radius 2 is 1.53 bits per heavy atom. The Morgan fingerprint density at radius 1 is 1.05 bits per heavy atom. The van der Waals surface area contributed by atoms with E-state index in [4.69, 9.17) is 5.73 Å². The lowest BCUT2D eigenvalue weighted by Crippen LogP contribution is -2.35. The van der Waals surface area contributed by atoms with Crippen molar-refractivity contribution in [1.82, 2.24) is 4.90 Å². The van der Waals surface area contributed by atoms with Gasteiger partial charge in [-0.05, 0) is 17.7 Å². The Balaban J connectivity index is 2.69. The summed E-state index contributed by atoms with van der Waals surface area (Å²) in [5.74, 6) is -0.807. The van der Waals surface area contributed by atoms with Gasteiger partial charge in [-0.2, -0.15) is 0 Å². The summed E-state index contributed by atoms with van der Waals surface area (Å²) in [7, 11) is 2.61. The summed E-state index contributed by atoms with van der Waals surface area (Å²) < 4.78 is 9.20. The molecule has 0 radical (unpaired) electrons. The van der Waals surface area contributed by atoms with Crippen molar-refractivity contribution in [2.75, 3.05) is 33.0 Å². The van der Waals surface area contributed by atoms with E-state index in [-0.39, 0.29) is 13.1 Å². The molecule has 0 aliphatic carbocycles. The van der Waals surface area contributed by atoms with E-state index in [2.05, 4.69) is 9.47 Å². The highest BCUT2D eigenvalue weighted by Gasteiger charge is 2.15. The van der Waals surface area contributed by atoms with Gasteiger partial charge in [-0.3, -0.25) is 14.5 Å². The van der Waals surface area contributed by atoms with Gasteiger partial charge in [0.15, 0.2) is 0 Å². The molecular formula is C13H18N2O4. The molecule has 6 heteroatoms. The molecule has 0 saturated heterocycles. The Hall–Kier alpha value is -2.08. The van der Waals surface area contributed by atoms with E-state index in [0.29, 0.717) is 12.2 Å². The minimum absolute atomic E-state index is 0.0238. The highest BCUT2D eigenvalue weighted by molar-refractivity contribution is 5.74. The number of nitrogens with two attached hydrogens (primary N) is 1. The zero-order valence-electron chi connectivity index (χ0n) is 11.1. The minimum Gasteiger partial charge on any atom is -0.468 e. The van der Waals surface area contributed by atoms with Crippen LogP contribution in [0.3, 0.4) is 0 Å². The van der Waals surface area contributed by atoms with Crippen molar-refractivity contribution in [2.45, 2.75) is 6.54 Å². The maximum atomic E-state index is 11.3. The Labute approximate surface area is 112 Å². The van der Waals surface area contributed by atoms with E-state index in [1.165, 1.54) is 14.2 Å². The van der Waals surface area contributed by atoms with Gasteiger partial charge in [0.25, 0.3) is 0 Å². The maximum Gasteiger partial charge on any atom is 0.319 e. The van der Waals surface area contributed by atoms with Crippen molar-refractivity contribution in [3.05, 3.63) is 29.8 Å². The molecule has 6 nitrogen and oxygen atoms in total. The number of hydrogen-bond donors (Lipinski definition) is 1. The number of methoxy groups -OCH3 is 2. The first kappa shape index (κ1) is 15.0. The van der Waals surface area contributed by atoms with Crippen molar-refractivity contribution < 1.29 is 19.1 Å². The summed E-state index contributed by atoms with van der Waals surface area (Å²) in [6, 6.07) is 7.22. The van der Waals surface area contributed by atoms with Crippen LogP contribution in [0.4, 0.5) is 5.69 Å². The molecule has 0 aromatic heterocycles. The molecule has 0 bridgehead atoms. The number of rotatable bonds is 6. The lowest BCUT2D eigenvalue weighted by Gasteiger charge is -2.19. The normalized spacial score (nSPS) is 10.3. The number of nitrogens with zero attached hydrogens (tertiary/aromatic N) is 1. The monoisotopic (exact) mass is 266 g/mol. The molecule has 1 rings (SSSR count). The topological polar surface area (TPSA) is 81.9 Å². The van der Waals surface area contributed by atoms with Crippen molar-refractivity contribution in [3.63, 3.8) is 0 Å². The number of ether oxygens (including phenoxy) is 2. The van der Waals surface area contributed by atoms with Gasteiger partial charge in [0.1, 0.15) is 0 Å². The third-order valence-corrected chi connectivity index (χ3v) is 2.55. The fraction of sp³-hybridized carbons (Fsp3) is 0.385. The molecular weight excluding hydrogens is 248 g/mol. The quantitative estimate of drug-likeness (QED) is 0.593. The predicted molar refractivity (Wildman–Crippen MR) is 70.2 cm³/mol. The molecule has 0 fully saturated rings. The largest absolute Gasteiger partial charge is 0.468 e. The minimum atomic E-state index is -0.403. The number of carbonyl (C=O) groups excluding carboxylic acids is 2. The van der Waals surface area contributed by atoms with Gasteiger partial charge in [-0.15, -0.1) is 0 Å². The average Bonchev–Trinajstić information content (AvgIpc) is 2.40. The highest BCUT2D eigenvalue weighted by Crippen LogP contribution is 2.08. The van der Waals surface area contributed by atoms with Gasteiger partial charge >= 0.3 is 11.9 Å². The zero-order valence-corrected chi connectivity index (χ0v) is 11.1. The van der Waals surface area contributed by atoms with Crippen LogP contribution in [0.15, 0.2) is 24.3 Å². The van der Waals surface area contributed by atoms with Crippen molar-refractivity contribution in [1.29, 1.82) is 0 Å². The number of hydrogen-bond acceptors (Lipinski definition) is 6. The van der Waals surface area contributed by atoms with E-state index in [1.807, 2.05) is 12.1 Å². The third-order valence-electron chi connectivity index (χ3n) is 2.55. The van der Waals surface area contributed by atoms with Crippen LogP contribution < -0.4 is 5.73 Å². The smallest absolute Gasteiger partial charge is 0.319 e. The number of nitrogen functional groups attached to an aromatic ring is 1. The van der Waals surface area contributed by atoms with Crippen LogP contribution in [0.5, 0.6) is 0 Å². The lowest BCUT2D eigenvalue weighted by molar-refractivity contribution is -0.145. The van der Waals surface area contributed by atoms with Crippen molar-refractivity contribution >= 4 is 17.6 Å². The fourth-order valence-electron chi connectivity index (χ4n) is 1.54. The third kappa shape index (κ3) is 5.39. The summed E-state index contributed by atoms with van der Waals surface area (Å²) in [6.07, 6.45) is 0. The van der Waals surface area contributed by atoms with Gasteiger partial charge < -0.3 is 15.2 Å². The second kappa shape index (κ2) is 7.38. The average molecular weight is 266 g/mol. The zero-order chi connectivity index (χ0) is 14.3. The summed E-state index contributed by atoms with van der Waals surface area (Å²) in [6.45, 7) is 0.483. The first-order valence-corrected chi connectivity index (χ1v) is 5.75. The predicted octanol–water partition coefficient (Wildman–Crippen LogP) is 0.417. The molecule has 0 unspecified atom stereocenters. The number of esters is 2. The molecule has 0 spiro atoms. The van der Waals surface area contributed by atoms with Gasteiger partial charge in [-0.1, -0.05) is 12.1 Å². The SMILES string of the molecule is COC(=O)CN(CC(=O)OC)Cc1ccc(N)cc1.